The van der Waals surface area contributed by atoms with E-state index in [4.69, 9.17) is 0 Å². The van der Waals surface area contributed by atoms with Gasteiger partial charge in [0, 0.05) is 5.54 Å². The van der Waals surface area contributed by atoms with Crippen molar-refractivity contribution in [2.24, 2.45) is 11.3 Å². The summed E-state index contributed by atoms with van der Waals surface area (Å²) in [7, 11) is 0. The zero-order valence-electron chi connectivity index (χ0n) is 10.1. The molecule has 1 saturated carbocycles. The Kier molecular flexibility index (Phi) is 3.59. The van der Waals surface area contributed by atoms with Crippen molar-refractivity contribution >= 4 is 0 Å². The Morgan fingerprint density at radius 3 is 2.29 bits per heavy atom. The highest BCUT2D eigenvalue weighted by Gasteiger charge is 2.42. The van der Waals surface area contributed by atoms with E-state index in [2.05, 4.69) is 33.0 Å². The molecule has 1 aliphatic rings. The van der Waals surface area contributed by atoms with E-state index in [1.807, 2.05) is 0 Å². The topological polar surface area (TPSA) is 32.3 Å². The molecular weight excluding hydrogens is 174 g/mol. The molecule has 1 atom stereocenters. The van der Waals surface area contributed by atoms with Crippen molar-refractivity contribution in [3.8, 4) is 0 Å². The van der Waals surface area contributed by atoms with E-state index in [1.54, 1.807) is 0 Å². The standard InChI is InChI=1S/C12H25NO/c1-10(2)7-13-12(9-14)6-5-11(3,4)8-12/h10,13-14H,5-9H2,1-4H3. The van der Waals surface area contributed by atoms with Crippen LogP contribution in [0.3, 0.4) is 0 Å². The average Bonchev–Trinajstić information content (AvgIpc) is 2.40. The first kappa shape index (κ1) is 12.0. The molecule has 1 fully saturated rings. The van der Waals surface area contributed by atoms with E-state index in [1.165, 1.54) is 6.42 Å². The van der Waals surface area contributed by atoms with Crippen molar-refractivity contribution < 1.29 is 5.11 Å². The van der Waals surface area contributed by atoms with Gasteiger partial charge >= 0.3 is 0 Å². The van der Waals surface area contributed by atoms with Crippen molar-refractivity contribution in [3.63, 3.8) is 0 Å². The fraction of sp³-hybridized carbons (Fsp3) is 1.00. The van der Waals surface area contributed by atoms with E-state index in [9.17, 15) is 5.11 Å². The number of nitrogens with one attached hydrogen (secondary N) is 1. The minimum absolute atomic E-state index is 0.00771. The number of rotatable bonds is 4. The van der Waals surface area contributed by atoms with Crippen LogP contribution in [0, 0.1) is 11.3 Å². The Morgan fingerprint density at radius 1 is 1.29 bits per heavy atom. The molecule has 1 unspecified atom stereocenters. The summed E-state index contributed by atoms with van der Waals surface area (Å²) >= 11 is 0. The second-order valence-electron chi connectivity index (χ2n) is 6.05. The molecule has 1 rings (SSSR count). The zero-order valence-corrected chi connectivity index (χ0v) is 10.1. The van der Waals surface area contributed by atoms with Gasteiger partial charge in [-0.05, 0) is 37.1 Å². The number of aliphatic hydroxyl groups excluding tert-OH is 1. The molecule has 1 aliphatic carbocycles. The van der Waals surface area contributed by atoms with Gasteiger partial charge < -0.3 is 10.4 Å². The molecule has 2 N–H and O–H groups in total. The first-order valence-corrected chi connectivity index (χ1v) is 5.75. The van der Waals surface area contributed by atoms with E-state index >= 15 is 0 Å². The molecule has 0 aliphatic heterocycles. The predicted octanol–water partition coefficient (Wildman–Crippen LogP) is 2.17. The maximum atomic E-state index is 9.50. The normalized spacial score (nSPS) is 31.3. The Balaban J connectivity index is 2.52. The molecule has 0 heterocycles. The summed E-state index contributed by atoms with van der Waals surface area (Å²) < 4.78 is 0. The van der Waals surface area contributed by atoms with Gasteiger partial charge in [0.2, 0.25) is 0 Å². The van der Waals surface area contributed by atoms with Gasteiger partial charge in [0.15, 0.2) is 0 Å². The van der Waals surface area contributed by atoms with Crippen LogP contribution in [0.25, 0.3) is 0 Å². The number of hydrogen-bond donors (Lipinski definition) is 2. The van der Waals surface area contributed by atoms with Crippen molar-refractivity contribution in [1.29, 1.82) is 0 Å². The van der Waals surface area contributed by atoms with Gasteiger partial charge in [-0.3, -0.25) is 0 Å². The molecule has 0 bridgehead atoms. The van der Waals surface area contributed by atoms with Gasteiger partial charge in [-0.1, -0.05) is 27.7 Å². The summed E-state index contributed by atoms with van der Waals surface area (Å²) in [6.45, 7) is 10.3. The third kappa shape index (κ3) is 2.96. The summed E-state index contributed by atoms with van der Waals surface area (Å²) in [5, 5.41) is 13.0. The molecule has 0 aromatic carbocycles. The minimum Gasteiger partial charge on any atom is -0.394 e. The van der Waals surface area contributed by atoms with Crippen molar-refractivity contribution in [1.82, 2.24) is 5.32 Å². The zero-order chi connectivity index (χ0) is 10.8. The van der Waals surface area contributed by atoms with Crippen LogP contribution in [-0.4, -0.2) is 23.8 Å². The Morgan fingerprint density at radius 2 is 1.93 bits per heavy atom. The first-order valence-electron chi connectivity index (χ1n) is 5.75. The SMILES string of the molecule is CC(C)CNC1(CO)CCC(C)(C)C1. The van der Waals surface area contributed by atoms with Crippen LogP contribution in [0.15, 0.2) is 0 Å². The predicted molar refractivity (Wildman–Crippen MR) is 60.3 cm³/mol. The molecule has 0 aromatic rings. The molecule has 2 nitrogen and oxygen atoms in total. The van der Waals surface area contributed by atoms with Crippen molar-refractivity contribution in [2.75, 3.05) is 13.2 Å². The van der Waals surface area contributed by atoms with Crippen LogP contribution >= 0.6 is 0 Å². The Bertz CT molecular complexity index is 189. The lowest BCUT2D eigenvalue weighted by Crippen LogP contribution is -2.48. The van der Waals surface area contributed by atoms with Crippen LogP contribution in [-0.2, 0) is 0 Å². The second kappa shape index (κ2) is 4.19. The molecule has 0 amide bonds. The van der Waals surface area contributed by atoms with E-state index in [0.29, 0.717) is 11.3 Å². The van der Waals surface area contributed by atoms with Crippen LogP contribution < -0.4 is 5.32 Å². The van der Waals surface area contributed by atoms with Crippen LogP contribution in [0.1, 0.15) is 47.0 Å². The van der Waals surface area contributed by atoms with Gasteiger partial charge in [-0.25, -0.2) is 0 Å². The van der Waals surface area contributed by atoms with Crippen LogP contribution in [0.4, 0.5) is 0 Å². The fourth-order valence-corrected chi connectivity index (χ4v) is 2.43. The summed E-state index contributed by atoms with van der Waals surface area (Å²) in [4.78, 5) is 0. The largest absolute Gasteiger partial charge is 0.394 e. The third-order valence-electron chi connectivity index (χ3n) is 3.29. The molecule has 2 heteroatoms. The summed E-state index contributed by atoms with van der Waals surface area (Å²) in [5.41, 5.74) is 0.403. The molecular formula is C12H25NO. The summed E-state index contributed by atoms with van der Waals surface area (Å²) in [6, 6.07) is 0. The monoisotopic (exact) mass is 199 g/mol. The van der Waals surface area contributed by atoms with Gasteiger partial charge in [0.25, 0.3) is 0 Å². The lowest BCUT2D eigenvalue weighted by molar-refractivity contribution is 0.149. The average molecular weight is 199 g/mol. The van der Waals surface area contributed by atoms with Gasteiger partial charge in [0.1, 0.15) is 0 Å². The maximum Gasteiger partial charge on any atom is 0.0613 e. The van der Waals surface area contributed by atoms with Crippen LogP contribution in [0.5, 0.6) is 0 Å². The second-order valence-corrected chi connectivity index (χ2v) is 6.05. The van der Waals surface area contributed by atoms with E-state index in [-0.39, 0.29) is 12.1 Å². The fourth-order valence-electron chi connectivity index (χ4n) is 2.43. The van der Waals surface area contributed by atoms with Gasteiger partial charge in [-0.15, -0.1) is 0 Å². The highest BCUT2D eigenvalue weighted by molar-refractivity contribution is 4.99. The summed E-state index contributed by atoms with van der Waals surface area (Å²) in [5.74, 6) is 0.655. The lowest BCUT2D eigenvalue weighted by atomic mass is 9.88. The minimum atomic E-state index is 0.00771. The van der Waals surface area contributed by atoms with Crippen LogP contribution in [0.2, 0.25) is 0 Å². The van der Waals surface area contributed by atoms with Crippen molar-refractivity contribution in [2.45, 2.75) is 52.5 Å². The lowest BCUT2D eigenvalue weighted by Gasteiger charge is -2.31. The van der Waals surface area contributed by atoms with Crippen molar-refractivity contribution in [3.05, 3.63) is 0 Å². The molecule has 0 aromatic heterocycles. The third-order valence-corrected chi connectivity index (χ3v) is 3.29. The Labute approximate surface area is 88.1 Å². The smallest absolute Gasteiger partial charge is 0.0613 e. The molecule has 0 saturated heterocycles. The van der Waals surface area contributed by atoms with E-state index in [0.717, 1.165) is 19.4 Å². The maximum absolute atomic E-state index is 9.50. The number of aliphatic hydroxyl groups is 1. The molecule has 14 heavy (non-hydrogen) atoms. The summed E-state index contributed by atoms with van der Waals surface area (Å²) in [6.07, 6.45) is 3.44. The van der Waals surface area contributed by atoms with E-state index < -0.39 is 0 Å². The molecule has 0 radical (unpaired) electrons. The highest BCUT2D eigenvalue weighted by atomic mass is 16.3. The first-order chi connectivity index (χ1) is 6.39. The quantitative estimate of drug-likeness (QED) is 0.727. The highest BCUT2D eigenvalue weighted by Crippen LogP contribution is 2.43. The molecule has 84 valence electrons. The Hall–Kier alpha value is -0.0800. The van der Waals surface area contributed by atoms with Gasteiger partial charge in [-0.2, -0.15) is 0 Å². The molecule has 0 spiro atoms. The van der Waals surface area contributed by atoms with Gasteiger partial charge in [0.05, 0.1) is 6.61 Å². The number of hydrogen-bond acceptors (Lipinski definition) is 2.